The van der Waals surface area contributed by atoms with E-state index in [1.54, 1.807) is 0 Å². The molecule has 0 bridgehead atoms. The van der Waals surface area contributed by atoms with Crippen molar-refractivity contribution >= 4 is 40.3 Å². The molecule has 0 aliphatic heterocycles. The highest BCUT2D eigenvalue weighted by Crippen LogP contribution is 2.34. The van der Waals surface area contributed by atoms with Gasteiger partial charge in [-0.15, -0.1) is 0 Å². The molecule has 0 heterocycles. The third-order valence-corrected chi connectivity index (χ3v) is 3.73. The zero-order chi connectivity index (χ0) is 20.3. The highest BCUT2D eigenvalue weighted by atomic mass is 35.5. The molecule has 0 radical (unpaired) electrons. The number of carbonyl (C=O) groups excluding carboxylic acids is 1. The van der Waals surface area contributed by atoms with Crippen molar-refractivity contribution in [2.75, 3.05) is 12.4 Å². The first-order valence-electron chi connectivity index (χ1n) is 6.91. The molecule has 0 aliphatic carbocycles. The zero-order valence-corrected chi connectivity index (χ0v) is 14.1. The Morgan fingerprint density at radius 3 is 2.15 bits per heavy atom. The smallest absolute Gasteiger partial charge is 0.295 e. The molecule has 2 aromatic carbocycles. The van der Waals surface area contributed by atoms with Gasteiger partial charge in [0, 0.05) is 18.2 Å². The largest absolute Gasteiger partial charge is 0.495 e. The van der Waals surface area contributed by atoms with Gasteiger partial charge in [-0.1, -0.05) is 11.6 Å². The van der Waals surface area contributed by atoms with Crippen molar-refractivity contribution < 1.29 is 24.3 Å². The number of ether oxygens (including phenoxy) is 1. The number of benzene rings is 2. The van der Waals surface area contributed by atoms with Crippen LogP contribution in [0.2, 0.25) is 5.02 Å². The summed E-state index contributed by atoms with van der Waals surface area (Å²) in [6.07, 6.45) is 0. The van der Waals surface area contributed by atoms with Crippen LogP contribution < -0.4 is 10.1 Å². The number of methoxy groups -OCH3 is 1. The van der Waals surface area contributed by atoms with Gasteiger partial charge in [0.2, 0.25) is 0 Å². The summed E-state index contributed by atoms with van der Waals surface area (Å²) in [6.45, 7) is 0. The number of anilines is 1. The summed E-state index contributed by atoms with van der Waals surface area (Å²) in [4.78, 5) is 42.7. The minimum absolute atomic E-state index is 0.0602. The molecule has 0 aromatic heterocycles. The Labute approximate surface area is 154 Å². The van der Waals surface area contributed by atoms with Crippen molar-refractivity contribution in [2.45, 2.75) is 0 Å². The fourth-order valence-electron chi connectivity index (χ4n) is 2.09. The van der Waals surface area contributed by atoms with Crippen LogP contribution in [0, 0.1) is 30.3 Å². The number of rotatable bonds is 6. The second-order valence-electron chi connectivity index (χ2n) is 4.94. The molecule has 13 heteroatoms. The van der Waals surface area contributed by atoms with Crippen LogP contribution >= 0.6 is 11.6 Å². The summed E-state index contributed by atoms with van der Waals surface area (Å²) in [5, 5.41) is 34.5. The van der Waals surface area contributed by atoms with Crippen molar-refractivity contribution in [3.8, 4) is 5.75 Å². The minimum atomic E-state index is -1.05. The van der Waals surface area contributed by atoms with Crippen LogP contribution in [0.4, 0.5) is 22.7 Å². The summed E-state index contributed by atoms with van der Waals surface area (Å²) in [6, 6.07) is 4.74. The van der Waals surface area contributed by atoms with Crippen LogP contribution in [0.5, 0.6) is 5.75 Å². The number of hydrogen-bond donors (Lipinski definition) is 1. The standard InChI is InChI=1S/C14H9ClN4O8/c1-27-12-3-2-7(17(21)22)5-10(12)16-14(20)9-4-8(18(23)24)6-11(13(9)15)19(25)26/h2-6H,1H3,(H,16,20). The van der Waals surface area contributed by atoms with E-state index in [-0.39, 0.29) is 17.1 Å². The Hall–Kier alpha value is -3.80. The third-order valence-electron chi connectivity index (χ3n) is 3.33. The number of hydrogen-bond acceptors (Lipinski definition) is 8. The Morgan fingerprint density at radius 1 is 1.00 bits per heavy atom. The molecule has 0 fully saturated rings. The van der Waals surface area contributed by atoms with Gasteiger partial charge in [0.05, 0.1) is 39.2 Å². The van der Waals surface area contributed by atoms with Gasteiger partial charge in [0.25, 0.3) is 23.0 Å². The predicted molar refractivity (Wildman–Crippen MR) is 92.4 cm³/mol. The van der Waals surface area contributed by atoms with Gasteiger partial charge in [0.15, 0.2) is 0 Å². The molecule has 2 rings (SSSR count). The number of nitrogens with one attached hydrogen (secondary N) is 1. The van der Waals surface area contributed by atoms with Crippen molar-refractivity contribution in [3.05, 3.63) is 71.3 Å². The van der Waals surface area contributed by atoms with E-state index in [0.29, 0.717) is 6.07 Å². The average molecular weight is 397 g/mol. The summed E-state index contributed by atoms with van der Waals surface area (Å²) < 4.78 is 4.98. The fourth-order valence-corrected chi connectivity index (χ4v) is 2.36. The maximum atomic E-state index is 12.5. The van der Waals surface area contributed by atoms with E-state index in [0.717, 1.165) is 18.2 Å². The van der Waals surface area contributed by atoms with E-state index < -0.39 is 42.6 Å². The number of nitrogens with zero attached hydrogens (tertiary/aromatic N) is 3. The zero-order valence-electron chi connectivity index (χ0n) is 13.4. The van der Waals surface area contributed by atoms with Crippen LogP contribution in [-0.2, 0) is 0 Å². The molecule has 1 amide bonds. The third kappa shape index (κ3) is 4.07. The van der Waals surface area contributed by atoms with Gasteiger partial charge >= 0.3 is 0 Å². The van der Waals surface area contributed by atoms with Gasteiger partial charge in [0.1, 0.15) is 10.8 Å². The van der Waals surface area contributed by atoms with Gasteiger partial charge in [-0.25, -0.2) is 0 Å². The van der Waals surface area contributed by atoms with E-state index in [9.17, 15) is 35.1 Å². The topological polar surface area (TPSA) is 168 Å². The van der Waals surface area contributed by atoms with E-state index in [2.05, 4.69) is 5.32 Å². The van der Waals surface area contributed by atoms with Crippen LogP contribution in [0.15, 0.2) is 30.3 Å². The molecule has 0 aliphatic rings. The number of carbonyl (C=O) groups is 1. The molecule has 1 N–H and O–H groups in total. The lowest BCUT2D eigenvalue weighted by Gasteiger charge is -2.11. The number of nitro groups is 3. The Balaban J connectivity index is 2.53. The minimum Gasteiger partial charge on any atom is -0.495 e. The molecular weight excluding hydrogens is 388 g/mol. The summed E-state index contributed by atoms with van der Waals surface area (Å²) in [7, 11) is 1.25. The highest BCUT2D eigenvalue weighted by Gasteiger charge is 2.27. The molecule has 27 heavy (non-hydrogen) atoms. The van der Waals surface area contributed by atoms with Gasteiger partial charge < -0.3 is 10.1 Å². The van der Waals surface area contributed by atoms with Crippen molar-refractivity contribution in [3.63, 3.8) is 0 Å². The lowest BCUT2D eigenvalue weighted by Crippen LogP contribution is -2.14. The lowest BCUT2D eigenvalue weighted by atomic mass is 10.1. The molecule has 0 atom stereocenters. The van der Waals surface area contributed by atoms with E-state index >= 15 is 0 Å². The number of halogens is 1. The first-order chi connectivity index (χ1) is 12.6. The summed E-state index contributed by atoms with van der Waals surface area (Å²) in [5.41, 5.74) is -2.58. The van der Waals surface area contributed by atoms with Gasteiger partial charge in [-0.2, -0.15) is 0 Å². The molecule has 140 valence electrons. The molecule has 0 spiro atoms. The fraction of sp³-hybridized carbons (Fsp3) is 0.0714. The van der Waals surface area contributed by atoms with Gasteiger partial charge in [-0.3, -0.25) is 35.1 Å². The predicted octanol–water partition coefficient (Wildman–Crippen LogP) is 3.33. The van der Waals surface area contributed by atoms with Crippen LogP contribution in [0.1, 0.15) is 10.4 Å². The second kappa shape index (κ2) is 7.61. The molecule has 0 unspecified atom stereocenters. The maximum Gasteiger partial charge on any atom is 0.295 e. The SMILES string of the molecule is COc1ccc([N+](=O)[O-])cc1NC(=O)c1cc([N+](=O)[O-])cc([N+](=O)[O-])c1Cl. The molecular formula is C14H9ClN4O8. The average Bonchev–Trinajstić information content (AvgIpc) is 2.61. The van der Waals surface area contributed by atoms with Crippen molar-refractivity contribution in [2.24, 2.45) is 0 Å². The molecule has 0 saturated heterocycles. The monoisotopic (exact) mass is 396 g/mol. The number of nitro benzene ring substituents is 3. The number of amides is 1. The maximum absolute atomic E-state index is 12.5. The quantitative estimate of drug-likeness (QED) is 0.572. The normalized spacial score (nSPS) is 10.1. The van der Waals surface area contributed by atoms with Crippen molar-refractivity contribution in [1.82, 2.24) is 0 Å². The first kappa shape index (κ1) is 19.5. The van der Waals surface area contributed by atoms with Crippen LogP contribution in [-0.4, -0.2) is 27.8 Å². The molecule has 12 nitrogen and oxygen atoms in total. The lowest BCUT2D eigenvalue weighted by molar-refractivity contribution is -0.394. The van der Waals surface area contributed by atoms with Gasteiger partial charge in [-0.05, 0) is 6.07 Å². The molecule has 0 saturated carbocycles. The Bertz CT molecular complexity index is 978. The summed E-state index contributed by atoms with van der Waals surface area (Å²) >= 11 is 5.83. The van der Waals surface area contributed by atoms with E-state index in [4.69, 9.17) is 16.3 Å². The van der Waals surface area contributed by atoms with Crippen LogP contribution in [0.25, 0.3) is 0 Å². The van der Waals surface area contributed by atoms with E-state index in [1.165, 1.54) is 13.2 Å². The number of non-ortho nitro benzene ring substituents is 2. The second-order valence-corrected chi connectivity index (χ2v) is 5.31. The van der Waals surface area contributed by atoms with Crippen LogP contribution in [0.3, 0.4) is 0 Å². The first-order valence-corrected chi connectivity index (χ1v) is 7.29. The highest BCUT2D eigenvalue weighted by molar-refractivity contribution is 6.36. The Morgan fingerprint density at radius 2 is 1.63 bits per heavy atom. The van der Waals surface area contributed by atoms with Crippen molar-refractivity contribution in [1.29, 1.82) is 0 Å². The Kier molecular flexibility index (Phi) is 5.51. The molecule has 2 aromatic rings. The van der Waals surface area contributed by atoms with E-state index in [1.807, 2.05) is 0 Å². The summed E-state index contributed by atoms with van der Waals surface area (Å²) in [5.74, 6) is -0.990.